The van der Waals surface area contributed by atoms with Crippen molar-refractivity contribution >= 4 is 17.3 Å². The molecule has 1 rings (SSSR count). The number of carbonyl (C=O) groups excluding carboxylic acids is 1. The molecule has 5 nitrogen and oxygen atoms in total. The maximum Gasteiger partial charge on any atom is 0.251 e. The van der Waals surface area contributed by atoms with Crippen molar-refractivity contribution < 1.29 is 4.79 Å². The average Bonchev–Trinajstić information content (AvgIpc) is 2.36. The highest BCUT2D eigenvalue weighted by molar-refractivity contribution is 5.96. The van der Waals surface area contributed by atoms with Crippen molar-refractivity contribution in [1.29, 1.82) is 0 Å². The number of hydrogen-bond donors (Lipinski definition) is 3. The Morgan fingerprint density at radius 3 is 2.42 bits per heavy atom. The van der Waals surface area contributed by atoms with Gasteiger partial charge in [-0.05, 0) is 38.6 Å². The van der Waals surface area contributed by atoms with Gasteiger partial charge in [0.05, 0.1) is 0 Å². The summed E-state index contributed by atoms with van der Waals surface area (Å²) in [4.78, 5) is 14.1. The van der Waals surface area contributed by atoms with E-state index in [-0.39, 0.29) is 5.91 Å². The fourth-order valence-electron chi connectivity index (χ4n) is 1.79. The first-order valence-electron chi connectivity index (χ1n) is 6.58. The molecule has 0 spiro atoms. The lowest BCUT2D eigenvalue weighted by Gasteiger charge is -2.23. The first-order chi connectivity index (χ1) is 8.93. The molecule has 106 valence electrons. The first kappa shape index (κ1) is 15.3. The van der Waals surface area contributed by atoms with Gasteiger partial charge in [-0.1, -0.05) is 6.92 Å². The van der Waals surface area contributed by atoms with Gasteiger partial charge in [0.1, 0.15) is 0 Å². The third-order valence-electron chi connectivity index (χ3n) is 3.33. The zero-order valence-corrected chi connectivity index (χ0v) is 11.9. The number of likely N-dealkylation sites (N-methyl/N-ethyl adjacent to an activating group) is 1. The summed E-state index contributed by atoms with van der Waals surface area (Å²) in [6.45, 7) is 5.74. The van der Waals surface area contributed by atoms with E-state index in [9.17, 15) is 4.79 Å². The van der Waals surface area contributed by atoms with Gasteiger partial charge < -0.3 is 21.7 Å². The molecule has 0 radical (unpaired) electrons. The topological polar surface area (TPSA) is 84.4 Å². The van der Waals surface area contributed by atoms with Gasteiger partial charge in [-0.2, -0.15) is 0 Å². The molecule has 5 N–H and O–H groups in total. The Morgan fingerprint density at radius 2 is 1.89 bits per heavy atom. The summed E-state index contributed by atoms with van der Waals surface area (Å²) in [5.41, 5.74) is 12.8. The monoisotopic (exact) mass is 264 g/mol. The number of hydrogen-bond acceptors (Lipinski definition) is 4. The van der Waals surface area contributed by atoms with Gasteiger partial charge in [-0.25, -0.2) is 0 Å². The Labute approximate surface area is 115 Å². The minimum Gasteiger partial charge on any atom is -0.399 e. The van der Waals surface area contributed by atoms with Gasteiger partial charge in [0.2, 0.25) is 0 Å². The van der Waals surface area contributed by atoms with Crippen LogP contribution in [0.4, 0.5) is 11.4 Å². The Balaban J connectivity index is 2.47. The van der Waals surface area contributed by atoms with E-state index in [2.05, 4.69) is 31.1 Å². The van der Waals surface area contributed by atoms with Crippen LogP contribution in [0.15, 0.2) is 18.2 Å². The molecule has 1 atom stereocenters. The van der Waals surface area contributed by atoms with Crippen molar-refractivity contribution in [1.82, 2.24) is 10.2 Å². The number of benzene rings is 1. The number of amides is 1. The number of anilines is 2. The molecule has 1 aromatic carbocycles. The fraction of sp³-hybridized carbons (Fsp3) is 0.500. The van der Waals surface area contributed by atoms with Crippen molar-refractivity contribution in [2.45, 2.75) is 26.3 Å². The summed E-state index contributed by atoms with van der Waals surface area (Å²) < 4.78 is 0. The molecule has 0 aliphatic rings. The third-order valence-corrected chi connectivity index (χ3v) is 3.33. The molecule has 1 aromatic rings. The van der Waals surface area contributed by atoms with E-state index in [1.807, 2.05) is 0 Å². The molecule has 0 heterocycles. The van der Waals surface area contributed by atoms with Crippen LogP contribution in [-0.4, -0.2) is 37.0 Å². The van der Waals surface area contributed by atoms with Crippen LogP contribution < -0.4 is 16.8 Å². The van der Waals surface area contributed by atoms with Gasteiger partial charge in [-0.15, -0.1) is 0 Å². The molecule has 0 bridgehead atoms. The van der Waals surface area contributed by atoms with Crippen molar-refractivity contribution in [2.75, 3.05) is 31.6 Å². The van der Waals surface area contributed by atoms with Crippen LogP contribution >= 0.6 is 0 Å². The first-order valence-corrected chi connectivity index (χ1v) is 6.58. The highest BCUT2D eigenvalue weighted by Gasteiger charge is 2.09. The summed E-state index contributed by atoms with van der Waals surface area (Å²) >= 11 is 0. The van der Waals surface area contributed by atoms with Gasteiger partial charge in [0.15, 0.2) is 0 Å². The molecule has 0 aromatic heterocycles. The van der Waals surface area contributed by atoms with Gasteiger partial charge in [-0.3, -0.25) is 4.79 Å². The van der Waals surface area contributed by atoms with Crippen LogP contribution in [0.3, 0.4) is 0 Å². The summed E-state index contributed by atoms with van der Waals surface area (Å²) in [5.74, 6) is -0.142. The standard InChI is InChI=1S/C14H24N4O/c1-4-10(2)18(3)6-5-17-14(19)11-7-12(15)9-13(16)8-11/h7-10H,4-6,15-16H2,1-3H3,(H,17,19). The second-order valence-corrected chi connectivity index (χ2v) is 4.88. The minimum absolute atomic E-state index is 0.142. The number of nitrogen functional groups attached to an aromatic ring is 2. The molecule has 0 fully saturated rings. The van der Waals surface area contributed by atoms with Crippen LogP contribution in [0.2, 0.25) is 0 Å². The number of rotatable bonds is 6. The minimum atomic E-state index is -0.142. The smallest absolute Gasteiger partial charge is 0.251 e. The lowest BCUT2D eigenvalue weighted by atomic mass is 10.1. The zero-order valence-electron chi connectivity index (χ0n) is 11.9. The molecule has 0 aliphatic carbocycles. The van der Waals surface area contributed by atoms with Gasteiger partial charge in [0, 0.05) is 36.1 Å². The second-order valence-electron chi connectivity index (χ2n) is 4.88. The predicted molar refractivity (Wildman–Crippen MR) is 80.0 cm³/mol. The number of carbonyl (C=O) groups is 1. The SMILES string of the molecule is CCC(C)N(C)CCNC(=O)c1cc(N)cc(N)c1. The molecular formula is C14H24N4O. The predicted octanol–water partition coefficient (Wildman–Crippen LogP) is 1.31. The van der Waals surface area contributed by atoms with E-state index in [0.717, 1.165) is 13.0 Å². The molecular weight excluding hydrogens is 240 g/mol. The molecule has 0 saturated carbocycles. The average molecular weight is 264 g/mol. The number of nitrogens with zero attached hydrogens (tertiary/aromatic N) is 1. The summed E-state index contributed by atoms with van der Waals surface area (Å²) in [7, 11) is 2.05. The lowest BCUT2D eigenvalue weighted by molar-refractivity contribution is 0.0947. The number of nitrogens with one attached hydrogen (secondary N) is 1. The third kappa shape index (κ3) is 4.79. The summed E-state index contributed by atoms with van der Waals surface area (Å²) in [5, 5.41) is 2.87. The Kier molecular flexibility index (Phi) is 5.63. The maximum absolute atomic E-state index is 11.9. The quantitative estimate of drug-likeness (QED) is 0.676. The van der Waals surface area contributed by atoms with Gasteiger partial charge in [0.25, 0.3) is 5.91 Å². The molecule has 1 unspecified atom stereocenters. The zero-order chi connectivity index (χ0) is 14.4. The molecule has 1 amide bonds. The Morgan fingerprint density at radius 1 is 1.32 bits per heavy atom. The van der Waals surface area contributed by atoms with Crippen LogP contribution in [-0.2, 0) is 0 Å². The normalized spacial score (nSPS) is 12.4. The number of nitrogens with two attached hydrogens (primary N) is 2. The summed E-state index contributed by atoms with van der Waals surface area (Å²) in [6.07, 6.45) is 1.09. The molecule has 5 heteroatoms. The molecule has 0 saturated heterocycles. The van der Waals surface area contributed by atoms with E-state index in [1.54, 1.807) is 18.2 Å². The largest absolute Gasteiger partial charge is 0.399 e. The lowest BCUT2D eigenvalue weighted by Crippen LogP contribution is -2.37. The van der Waals surface area contributed by atoms with Crippen LogP contribution in [0.1, 0.15) is 30.6 Å². The van der Waals surface area contributed by atoms with Crippen molar-refractivity contribution in [3.8, 4) is 0 Å². The fourth-order valence-corrected chi connectivity index (χ4v) is 1.79. The van der Waals surface area contributed by atoms with E-state index in [1.165, 1.54) is 0 Å². The highest BCUT2D eigenvalue weighted by atomic mass is 16.1. The van der Waals surface area contributed by atoms with Crippen LogP contribution in [0, 0.1) is 0 Å². The van der Waals surface area contributed by atoms with E-state index in [4.69, 9.17) is 11.5 Å². The second kappa shape index (κ2) is 6.99. The van der Waals surface area contributed by atoms with Crippen LogP contribution in [0.5, 0.6) is 0 Å². The summed E-state index contributed by atoms with van der Waals surface area (Å²) in [6, 6.07) is 5.40. The van der Waals surface area contributed by atoms with Gasteiger partial charge >= 0.3 is 0 Å². The Hall–Kier alpha value is -1.75. The highest BCUT2D eigenvalue weighted by Crippen LogP contribution is 2.13. The molecule has 19 heavy (non-hydrogen) atoms. The van der Waals surface area contributed by atoms with E-state index < -0.39 is 0 Å². The van der Waals surface area contributed by atoms with Crippen molar-refractivity contribution in [3.05, 3.63) is 23.8 Å². The van der Waals surface area contributed by atoms with Crippen molar-refractivity contribution in [3.63, 3.8) is 0 Å². The van der Waals surface area contributed by atoms with E-state index >= 15 is 0 Å². The van der Waals surface area contributed by atoms with Crippen molar-refractivity contribution in [2.24, 2.45) is 0 Å². The van der Waals surface area contributed by atoms with E-state index in [0.29, 0.717) is 29.5 Å². The maximum atomic E-state index is 11.9. The van der Waals surface area contributed by atoms with Crippen LogP contribution in [0.25, 0.3) is 0 Å². The molecule has 0 aliphatic heterocycles. The Bertz CT molecular complexity index is 413.